The second-order valence-corrected chi connectivity index (χ2v) is 7.78. The number of ether oxygens (including phenoxy) is 2. The Kier molecular flexibility index (Phi) is 6.85. The molecule has 6 nitrogen and oxygen atoms in total. The second kappa shape index (κ2) is 9.94. The summed E-state index contributed by atoms with van der Waals surface area (Å²) in [5, 5.41) is 3.10. The Labute approximate surface area is 172 Å². The van der Waals surface area contributed by atoms with Crippen LogP contribution in [0.4, 0.5) is 0 Å². The number of carbonyl (C=O) groups excluding carboxylic acids is 1. The lowest BCUT2D eigenvalue weighted by atomic mass is 10.1. The van der Waals surface area contributed by atoms with Crippen molar-refractivity contribution in [2.24, 2.45) is 0 Å². The van der Waals surface area contributed by atoms with Crippen LogP contribution in [0.25, 0.3) is 0 Å². The average Bonchev–Trinajstić information content (AvgIpc) is 3.48. The van der Waals surface area contributed by atoms with Crippen LogP contribution >= 0.6 is 0 Å². The first-order chi connectivity index (χ1) is 14.3. The third kappa shape index (κ3) is 5.19. The normalized spacial score (nSPS) is 21.0. The topological polar surface area (TPSA) is 63.9 Å². The summed E-state index contributed by atoms with van der Waals surface area (Å²) in [5.41, 5.74) is 0.558. The number of amides is 1. The number of benzene rings is 1. The van der Waals surface area contributed by atoms with Crippen molar-refractivity contribution >= 4 is 5.91 Å². The molecule has 1 N–H and O–H groups in total. The van der Waals surface area contributed by atoms with Gasteiger partial charge < -0.3 is 19.2 Å². The molecule has 4 rings (SSSR count). The zero-order valence-corrected chi connectivity index (χ0v) is 16.8. The lowest BCUT2D eigenvalue weighted by Crippen LogP contribution is -2.40. The summed E-state index contributed by atoms with van der Waals surface area (Å²) in [6, 6.07) is 11.4. The predicted octanol–water partition coefficient (Wildman–Crippen LogP) is 3.79. The van der Waals surface area contributed by atoms with Crippen LogP contribution in [0, 0.1) is 0 Å². The molecule has 1 amide bonds. The minimum Gasteiger partial charge on any atom is -0.490 e. The Morgan fingerprint density at radius 1 is 1.14 bits per heavy atom. The molecule has 0 saturated carbocycles. The summed E-state index contributed by atoms with van der Waals surface area (Å²) in [7, 11) is 0. The Bertz CT molecular complexity index is 765. The maximum atomic E-state index is 12.9. The standard InChI is InChI=1S/C23H30N2O4/c26-23(19-9-2-3-10-21(19)29-17-18-8-6-14-27-18)24-16-20(22-11-7-15-28-22)25-12-4-1-5-13-25/h2-3,7,9-11,15,18,20H,1,4-6,8,12-14,16-17H2,(H,24,26)/t18-,20+/m1/s1. The minimum atomic E-state index is -0.124. The maximum Gasteiger partial charge on any atom is 0.255 e. The van der Waals surface area contributed by atoms with E-state index in [1.54, 1.807) is 6.26 Å². The van der Waals surface area contributed by atoms with Crippen molar-refractivity contribution in [1.29, 1.82) is 0 Å². The fraction of sp³-hybridized carbons (Fsp3) is 0.522. The zero-order valence-electron chi connectivity index (χ0n) is 16.8. The van der Waals surface area contributed by atoms with Gasteiger partial charge in [0, 0.05) is 13.2 Å². The SMILES string of the molecule is O=C(NC[C@@H](c1ccco1)N1CCCCC1)c1ccccc1OC[C@H]1CCCO1. The van der Waals surface area contributed by atoms with E-state index in [1.165, 1.54) is 19.3 Å². The molecule has 29 heavy (non-hydrogen) atoms. The number of nitrogens with one attached hydrogen (secondary N) is 1. The molecule has 3 heterocycles. The van der Waals surface area contributed by atoms with Gasteiger partial charge in [0.15, 0.2) is 0 Å². The van der Waals surface area contributed by atoms with Crippen molar-refractivity contribution in [3.63, 3.8) is 0 Å². The van der Waals surface area contributed by atoms with Crippen molar-refractivity contribution in [3.05, 3.63) is 54.0 Å². The molecular formula is C23H30N2O4. The average molecular weight is 399 g/mol. The number of hydrogen-bond acceptors (Lipinski definition) is 5. The maximum absolute atomic E-state index is 12.9. The van der Waals surface area contributed by atoms with Gasteiger partial charge in [0.1, 0.15) is 18.1 Å². The van der Waals surface area contributed by atoms with E-state index in [1.807, 2.05) is 36.4 Å². The van der Waals surface area contributed by atoms with Crippen molar-refractivity contribution in [2.45, 2.75) is 44.2 Å². The molecule has 0 bridgehead atoms. The smallest absolute Gasteiger partial charge is 0.255 e. The van der Waals surface area contributed by atoms with Gasteiger partial charge in [0.25, 0.3) is 5.91 Å². The number of para-hydroxylation sites is 1. The van der Waals surface area contributed by atoms with Gasteiger partial charge in [-0.25, -0.2) is 0 Å². The van der Waals surface area contributed by atoms with Crippen molar-refractivity contribution in [1.82, 2.24) is 10.2 Å². The summed E-state index contributed by atoms with van der Waals surface area (Å²) in [4.78, 5) is 15.4. The third-order valence-electron chi connectivity index (χ3n) is 5.74. The molecule has 2 atom stereocenters. The summed E-state index contributed by atoms with van der Waals surface area (Å²) in [6.45, 7) is 3.84. The fourth-order valence-electron chi connectivity index (χ4n) is 4.14. The van der Waals surface area contributed by atoms with Crippen LogP contribution in [-0.2, 0) is 4.74 Å². The Hall–Kier alpha value is -2.31. The number of nitrogens with zero attached hydrogens (tertiary/aromatic N) is 1. The molecule has 6 heteroatoms. The Balaban J connectivity index is 1.40. The highest BCUT2D eigenvalue weighted by Gasteiger charge is 2.25. The minimum absolute atomic E-state index is 0.0502. The number of likely N-dealkylation sites (tertiary alicyclic amines) is 1. The van der Waals surface area contributed by atoms with Crippen LogP contribution in [0.5, 0.6) is 5.75 Å². The lowest BCUT2D eigenvalue weighted by molar-refractivity contribution is 0.0669. The van der Waals surface area contributed by atoms with E-state index in [4.69, 9.17) is 13.9 Å². The van der Waals surface area contributed by atoms with E-state index in [-0.39, 0.29) is 18.1 Å². The van der Waals surface area contributed by atoms with E-state index < -0.39 is 0 Å². The second-order valence-electron chi connectivity index (χ2n) is 7.78. The molecule has 0 aliphatic carbocycles. The van der Waals surface area contributed by atoms with Crippen LogP contribution in [0.3, 0.4) is 0 Å². The molecule has 2 saturated heterocycles. The quantitative estimate of drug-likeness (QED) is 0.733. The Morgan fingerprint density at radius 2 is 2.00 bits per heavy atom. The molecule has 0 spiro atoms. The van der Waals surface area contributed by atoms with Gasteiger partial charge in [-0.15, -0.1) is 0 Å². The number of piperidine rings is 1. The highest BCUT2D eigenvalue weighted by molar-refractivity contribution is 5.96. The van der Waals surface area contributed by atoms with Gasteiger partial charge in [-0.3, -0.25) is 9.69 Å². The predicted molar refractivity (Wildman–Crippen MR) is 110 cm³/mol. The van der Waals surface area contributed by atoms with Crippen molar-refractivity contribution in [3.8, 4) is 5.75 Å². The zero-order chi connectivity index (χ0) is 19.9. The van der Waals surface area contributed by atoms with Gasteiger partial charge in [-0.05, 0) is 63.0 Å². The molecule has 0 radical (unpaired) electrons. The molecule has 156 valence electrons. The van der Waals surface area contributed by atoms with Crippen LogP contribution < -0.4 is 10.1 Å². The molecule has 1 aromatic heterocycles. The van der Waals surface area contributed by atoms with E-state index in [0.29, 0.717) is 24.5 Å². The number of hydrogen-bond donors (Lipinski definition) is 1. The largest absolute Gasteiger partial charge is 0.490 e. The molecule has 2 aliphatic rings. The molecular weight excluding hydrogens is 368 g/mol. The highest BCUT2D eigenvalue weighted by Crippen LogP contribution is 2.25. The van der Waals surface area contributed by atoms with E-state index in [0.717, 1.165) is 38.3 Å². The first kappa shape index (κ1) is 20.0. The number of carbonyl (C=O) groups is 1. The van der Waals surface area contributed by atoms with Crippen LogP contribution in [0.1, 0.15) is 54.3 Å². The first-order valence-electron chi connectivity index (χ1n) is 10.7. The van der Waals surface area contributed by atoms with Crippen molar-refractivity contribution in [2.75, 3.05) is 32.8 Å². The molecule has 2 fully saturated rings. The van der Waals surface area contributed by atoms with Gasteiger partial charge in [-0.1, -0.05) is 18.6 Å². The molecule has 2 aliphatic heterocycles. The number of rotatable bonds is 8. The molecule has 0 unspecified atom stereocenters. The molecule has 2 aromatic rings. The molecule has 1 aromatic carbocycles. The summed E-state index contributed by atoms with van der Waals surface area (Å²) >= 11 is 0. The highest BCUT2D eigenvalue weighted by atomic mass is 16.5. The van der Waals surface area contributed by atoms with Gasteiger partial charge >= 0.3 is 0 Å². The fourth-order valence-corrected chi connectivity index (χ4v) is 4.14. The lowest BCUT2D eigenvalue weighted by Gasteiger charge is -2.33. The third-order valence-corrected chi connectivity index (χ3v) is 5.74. The van der Waals surface area contributed by atoms with E-state index >= 15 is 0 Å². The van der Waals surface area contributed by atoms with Crippen molar-refractivity contribution < 1.29 is 18.7 Å². The van der Waals surface area contributed by atoms with Gasteiger partial charge in [0.2, 0.25) is 0 Å². The summed E-state index contributed by atoms with van der Waals surface area (Å²) < 4.78 is 17.2. The van der Waals surface area contributed by atoms with Crippen LogP contribution in [-0.4, -0.2) is 49.8 Å². The monoisotopic (exact) mass is 398 g/mol. The van der Waals surface area contributed by atoms with Gasteiger partial charge in [0.05, 0.1) is 24.0 Å². The Morgan fingerprint density at radius 3 is 2.76 bits per heavy atom. The van der Waals surface area contributed by atoms with Crippen LogP contribution in [0.2, 0.25) is 0 Å². The van der Waals surface area contributed by atoms with E-state index in [2.05, 4.69) is 10.2 Å². The summed E-state index contributed by atoms with van der Waals surface area (Å²) in [5.74, 6) is 1.38. The van der Waals surface area contributed by atoms with Gasteiger partial charge in [-0.2, -0.15) is 0 Å². The number of furan rings is 1. The van der Waals surface area contributed by atoms with E-state index in [9.17, 15) is 4.79 Å². The first-order valence-corrected chi connectivity index (χ1v) is 10.7. The van der Waals surface area contributed by atoms with Crippen LogP contribution in [0.15, 0.2) is 47.1 Å². The summed E-state index contributed by atoms with van der Waals surface area (Å²) in [6.07, 6.45) is 7.53.